The number of likely N-dealkylation sites (tertiary alicyclic amines) is 1. The third kappa shape index (κ3) is 2.82. The van der Waals surface area contributed by atoms with Gasteiger partial charge >= 0.3 is 0 Å². The van der Waals surface area contributed by atoms with E-state index >= 15 is 0 Å². The van der Waals surface area contributed by atoms with Gasteiger partial charge in [0.25, 0.3) is 0 Å². The molecule has 15 heavy (non-hydrogen) atoms. The molecule has 1 aliphatic rings. The molecule has 1 aromatic carbocycles. The minimum Gasteiger partial charge on any atom is -0.306 e. The van der Waals surface area contributed by atoms with Gasteiger partial charge in [-0.3, -0.25) is 0 Å². The number of rotatable bonds is 2. The Morgan fingerprint density at radius 1 is 1.20 bits per heavy atom. The lowest BCUT2D eigenvalue weighted by atomic mass is 9.89. The first-order chi connectivity index (χ1) is 7.29. The molecule has 0 amide bonds. The van der Waals surface area contributed by atoms with Crippen molar-refractivity contribution in [2.45, 2.75) is 24.1 Å². The highest BCUT2D eigenvalue weighted by atomic mass is 79.9. The monoisotopic (exact) mass is 267 g/mol. The number of alkyl halides is 1. The van der Waals surface area contributed by atoms with Gasteiger partial charge in [0.05, 0.1) is 0 Å². The predicted molar refractivity (Wildman–Crippen MR) is 68.5 cm³/mol. The van der Waals surface area contributed by atoms with E-state index in [1.807, 2.05) is 0 Å². The van der Waals surface area contributed by atoms with Crippen LogP contribution in [0.25, 0.3) is 0 Å². The maximum Gasteiger partial charge on any atom is 0.0283 e. The Kier molecular flexibility index (Phi) is 3.81. The summed E-state index contributed by atoms with van der Waals surface area (Å²) >= 11 is 3.48. The molecule has 1 heterocycles. The number of hydrogen-bond acceptors (Lipinski definition) is 1. The molecule has 0 atom stereocenters. The quantitative estimate of drug-likeness (QED) is 0.743. The summed E-state index contributed by atoms with van der Waals surface area (Å²) in [6.45, 7) is 2.48. The lowest BCUT2D eigenvalue weighted by Crippen LogP contribution is -2.29. The smallest absolute Gasteiger partial charge is 0.0283 e. The van der Waals surface area contributed by atoms with E-state index in [0.717, 1.165) is 11.2 Å². The fourth-order valence-electron chi connectivity index (χ4n) is 2.22. The molecule has 2 heteroatoms. The summed E-state index contributed by atoms with van der Waals surface area (Å²) in [4.78, 5) is 2.42. The van der Waals surface area contributed by atoms with Crippen LogP contribution in [-0.2, 0) is 5.33 Å². The van der Waals surface area contributed by atoms with Gasteiger partial charge in [0, 0.05) is 5.33 Å². The summed E-state index contributed by atoms with van der Waals surface area (Å²) in [5.41, 5.74) is 2.89. The molecule has 0 spiro atoms. The molecule has 2 rings (SSSR count). The first kappa shape index (κ1) is 11.2. The fraction of sp³-hybridized carbons (Fsp3) is 0.538. The molecule has 0 unspecified atom stereocenters. The van der Waals surface area contributed by atoms with Crippen molar-refractivity contribution in [3.05, 3.63) is 35.4 Å². The van der Waals surface area contributed by atoms with Crippen molar-refractivity contribution in [1.82, 2.24) is 4.90 Å². The number of nitrogens with zero attached hydrogens (tertiary/aromatic N) is 1. The molecular weight excluding hydrogens is 250 g/mol. The third-order valence-corrected chi connectivity index (χ3v) is 3.97. The van der Waals surface area contributed by atoms with Crippen LogP contribution in [-0.4, -0.2) is 25.0 Å². The highest BCUT2D eigenvalue weighted by Crippen LogP contribution is 2.27. The Morgan fingerprint density at radius 3 is 2.33 bits per heavy atom. The number of piperidine rings is 1. The molecule has 0 saturated carbocycles. The molecule has 1 nitrogen and oxygen atoms in total. The van der Waals surface area contributed by atoms with Crippen molar-refractivity contribution in [3.8, 4) is 0 Å². The second kappa shape index (κ2) is 5.13. The molecule has 82 valence electrons. The average Bonchev–Trinajstić information content (AvgIpc) is 2.30. The molecule has 1 fully saturated rings. The topological polar surface area (TPSA) is 3.24 Å². The zero-order chi connectivity index (χ0) is 10.7. The molecule has 0 N–H and O–H groups in total. The molecule has 0 aromatic heterocycles. The highest BCUT2D eigenvalue weighted by molar-refractivity contribution is 9.08. The largest absolute Gasteiger partial charge is 0.306 e. The highest BCUT2D eigenvalue weighted by Gasteiger charge is 2.17. The summed E-state index contributed by atoms with van der Waals surface area (Å²) in [6, 6.07) is 9.07. The Bertz CT molecular complexity index is 299. The van der Waals surface area contributed by atoms with Crippen LogP contribution < -0.4 is 0 Å². The second-order valence-corrected chi connectivity index (χ2v) is 5.01. The molecule has 1 saturated heterocycles. The van der Waals surface area contributed by atoms with Gasteiger partial charge < -0.3 is 4.90 Å². The van der Waals surface area contributed by atoms with Gasteiger partial charge in [0.1, 0.15) is 0 Å². The Balaban J connectivity index is 2.03. The maximum absolute atomic E-state index is 3.48. The van der Waals surface area contributed by atoms with Crippen LogP contribution in [0.5, 0.6) is 0 Å². The summed E-state index contributed by atoms with van der Waals surface area (Å²) < 4.78 is 0. The van der Waals surface area contributed by atoms with Crippen LogP contribution in [0.15, 0.2) is 24.3 Å². The predicted octanol–water partition coefficient (Wildman–Crippen LogP) is 3.39. The van der Waals surface area contributed by atoms with Crippen LogP contribution in [0.1, 0.15) is 29.9 Å². The zero-order valence-corrected chi connectivity index (χ0v) is 10.8. The summed E-state index contributed by atoms with van der Waals surface area (Å²) in [5, 5.41) is 0.959. The van der Waals surface area contributed by atoms with Crippen molar-refractivity contribution in [2.24, 2.45) is 0 Å². The van der Waals surface area contributed by atoms with E-state index in [2.05, 4.69) is 52.1 Å². The van der Waals surface area contributed by atoms with E-state index in [0.29, 0.717) is 0 Å². The number of benzene rings is 1. The number of hydrogen-bond donors (Lipinski definition) is 0. The maximum atomic E-state index is 3.48. The third-order valence-electron chi connectivity index (χ3n) is 3.32. The Hall–Kier alpha value is -0.340. The number of halogens is 1. The van der Waals surface area contributed by atoms with Crippen molar-refractivity contribution in [3.63, 3.8) is 0 Å². The molecular formula is C13H18BrN. The van der Waals surface area contributed by atoms with Gasteiger partial charge in [-0.1, -0.05) is 40.2 Å². The lowest BCUT2D eigenvalue weighted by molar-refractivity contribution is 0.255. The first-order valence-electron chi connectivity index (χ1n) is 5.63. The molecule has 0 bridgehead atoms. The minimum atomic E-state index is 0.783. The normalized spacial score (nSPS) is 19.3. The standard InChI is InChI=1S/C13H18BrN/c1-15-8-6-13(7-9-15)12-4-2-11(10-14)3-5-12/h2-5,13H,6-10H2,1H3. The van der Waals surface area contributed by atoms with Gasteiger partial charge in [0.2, 0.25) is 0 Å². The van der Waals surface area contributed by atoms with E-state index in [9.17, 15) is 0 Å². The van der Waals surface area contributed by atoms with E-state index in [4.69, 9.17) is 0 Å². The van der Waals surface area contributed by atoms with Crippen LogP contribution in [0.3, 0.4) is 0 Å². The van der Waals surface area contributed by atoms with E-state index < -0.39 is 0 Å². The molecule has 1 aliphatic heterocycles. The fourth-order valence-corrected chi connectivity index (χ4v) is 2.59. The van der Waals surface area contributed by atoms with Crippen molar-refractivity contribution in [2.75, 3.05) is 20.1 Å². The van der Waals surface area contributed by atoms with Gasteiger partial charge in [-0.15, -0.1) is 0 Å². The van der Waals surface area contributed by atoms with Crippen molar-refractivity contribution in [1.29, 1.82) is 0 Å². The van der Waals surface area contributed by atoms with E-state index in [1.54, 1.807) is 0 Å². The zero-order valence-electron chi connectivity index (χ0n) is 9.25. The van der Waals surface area contributed by atoms with Crippen LogP contribution in [0, 0.1) is 0 Å². The van der Waals surface area contributed by atoms with Crippen LogP contribution >= 0.6 is 15.9 Å². The van der Waals surface area contributed by atoms with Crippen molar-refractivity contribution >= 4 is 15.9 Å². The van der Waals surface area contributed by atoms with Gasteiger partial charge in [-0.2, -0.15) is 0 Å². The van der Waals surface area contributed by atoms with Gasteiger partial charge in [-0.25, -0.2) is 0 Å². The van der Waals surface area contributed by atoms with Crippen LogP contribution in [0.2, 0.25) is 0 Å². The summed E-state index contributed by atoms with van der Waals surface area (Å²) in [5.74, 6) is 0.783. The van der Waals surface area contributed by atoms with Gasteiger partial charge in [-0.05, 0) is 50.0 Å². The molecule has 1 aromatic rings. The van der Waals surface area contributed by atoms with E-state index in [1.165, 1.54) is 37.1 Å². The second-order valence-electron chi connectivity index (χ2n) is 4.45. The van der Waals surface area contributed by atoms with Crippen molar-refractivity contribution < 1.29 is 0 Å². The summed E-state index contributed by atoms with van der Waals surface area (Å²) in [7, 11) is 2.21. The summed E-state index contributed by atoms with van der Waals surface area (Å²) in [6.07, 6.45) is 2.62. The first-order valence-corrected chi connectivity index (χ1v) is 6.75. The molecule has 0 radical (unpaired) electrons. The Morgan fingerprint density at radius 2 is 1.80 bits per heavy atom. The van der Waals surface area contributed by atoms with Crippen LogP contribution in [0.4, 0.5) is 0 Å². The molecule has 0 aliphatic carbocycles. The van der Waals surface area contributed by atoms with E-state index in [-0.39, 0.29) is 0 Å². The minimum absolute atomic E-state index is 0.783. The van der Waals surface area contributed by atoms with Gasteiger partial charge in [0.15, 0.2) is 0 Å². The SMILES string of the molecule is CN1CCC(c2ccc(CBr)cc2)CC1. The average molecular weight is 268 g/mol. The lowest BCUT2D eigenvalue weighted by Gasteiger charge is -2.29. The Labute approximate surface area is 101 Å².